The molecule has 1 nitrogen and oxygen atoms in total. The molecule has 0 saturated heterocycles. The lowest BCUT2D eigenvalue weighted by atomic mass is 9.98. The Morgan fingerprint density at radius 2 is 1.38 bits per heavy atom. The average molecular weight is 281 g/mol. The molecule has 0 radical (unpaired) electrons. The summed E-state index contributed by atoms with van der Waals surface area (Å²) in [7, 11) is 0. The van der Waals surface area contributed by atoms with Crippen LogP contribution in [0.15, 0.2) is 54.6 Å². The highest BCUT2D eigenvalue weighted by Crippen LogP contribution is 2.22. The predicted molar refractivity (Wildman–Crippen MR) is 92.3 cm³/mol. The standard InChI is InChI=1S/C20H27N/c1-5-20(15(2)3)21-16(4)17-11-13-19(14-12-17)18-9-7-6-8-10-18/h6-16,20-21H,5H2,1-4H3. The lowest BCUT2D eigenvalue weighted by molar-refractivity contribution is 0.356. The molecule has 1 heteroatoms. The maximum absolute atomic E-state index is 3.74. The van der Waals surface area contributed by atoms with Gasteiger partial charge in [-0.25, -0.2) is 0 Å². The zero-order valence-electron chi connectivity index (χ0n) is 13.6. The molecule has 0 aliphatic rings. The second kappa shape index (κ2) is 7.42. The van der Waals surface area contributed by atoms with E-state index >= 15 is 0 Å². The summed E-state index contributed by atoms with van der Waals surface area (Å²) in [5.41, 5.74) is 3.91. The summed E-state index contributed by atoms with van der Waals surface area (Å²) in [6.07, 6.45) is 1.17. The first-order valence-electron chi connectivity index (χ1n) is 8.03. The third kappa shape index (κ3) is 4.18. The summed E-state index contributed by atoms with van der Waals surface area (Å²) in [6, 6.07) is 20.4. The number of nitrogens with one attached hydrogen (secondary N) is 1. The second-order valence-electron chi connectivity index (χ2n) is 6.14. The molecule has 112 valence electrons. The van der Waals surface area contributed by atoms with Crippen molar-refractivity contribution in [1.29, 1.82) is 0 Å². The molecule has 0 saturated carbocycles. The topological polar surface area (TPSA) is 12.0 Å². The van der Waals surface area contributed by atoms with Crippen LogP contribution in [-0.2, 0) is 0 Å². The van der Waals surface area contributed by atoms with Crippen molar-refractivity contribution < 1.29 is 0 Å². The molecule has 0 amide bonds. The van der Waals surface area contributed by atoms with Crippen molar-refractivity contribution in [2.75, 3.05) is 0 Å². The van der Waals surface area contributed by atoms with Crippen molar-refractivity contribution in [3.05, 3.63) is 60.2 Å². The highest BCUT2D eigenvalue weighted by atomic mass is 14.9. The summed E-state index contributed by atoms with van der Waals surface area (Å²) >= 11 is 0. The molecule has 0 aliphatic carbocycles. The Balaban J connectivity index is 2.08. The molecule has 0 aromatic heterocycles. The normalized spacial score (nSPS) is 14.1. The third-order valence-corrected chi connectivity index (χ3v) is 4.23. The van der Waals surface area contributed by atoms with E-state index in [0.29, 0.717) is 18.0 Å². The molecule has 2 unspecified atom stereocenters. The molecule has 0 fully saturated rings. The SMILES string of the molecule is CCC(NC(C)c1ccc(-c2ccccc2)cc1)C(C)C. The Kier molecular flexibility index (Phi) is 5.58. The van der Waals surface area contributed by atoms with Gasteiger partial charge in [-0.2, -0.15) is 0 Å². The van der Waals surface area contributed by atoms with E-state index in [1.54, 1.807) is 0 Å². The van der Waals surface area contributed by atoms with Gasteiger partial charge < -0.3 is 5.32 Å². The minimum Gasteiger partial charge on any atom is -0.307 e. The summed E-state index contributed by atoms with van der Waals surface area (Å²) in [4.78, 5) is 0. The maximum Gasteiger partial charge on any atom is 0.0294 e. The molecule has 0 aliphatic heterocycles. The molecule has 2 atom stereocenters. The molecular formula is C20H27N. The average Bonchev–Trinajstić information content (AvgIpc) is 2.53. The van der Waals surface area contributed by atoms with Crippen LogP contribution in [0.1, 0.15) is 45.7 Å². The maximum atomic E-state index is 3.74. The molecule has 0 heterocycles. The van der Waals surface area contributed by atoms with E-state index < -0.39 is 0 Å². The summed E-state index contributed by atoms with van der Waals surface area (Å²) in [5, 5.41) is 3.74. The van der Waals surface area contributed by atoms with Gasteiger partial charge in [0.15, 0.2) is 0 Å². The van der Waals surface area contributed by atoms with Gasteiger partial charge in [-0.15, -0.1) is 0 Å². The minimum atomic E-state index is 0.391. The molecule has 2 aromatic carbocycles. The Hall–Kier alpha value is -1.60. The molecule has 2 rings (SSSR count). The highest BCUT2D eigenvalue weighted by molar-refractivity contribution is 5.63. The highest BCUT2D eigenvalue weighted by Gasteiger charge is 2.14. The fourth-order valence-electron chi connectivity index (χ4n) is 2.79. The Morgan fingerprint density at radius 1 is 0.810 bits per heavy atom. The lowest BCUT2D eigenvalue weighted by Gasteiger charge is -2.25. The summed E-state index contributed by atoms with van der Waals surface area (Å²) in [6.45, 7) is 9.07. The van der Waals surface area contributed by atoms with Gasteiger partial charge in [0.05, 0.1) is 0 Å². The van der Waals surface area contributed by atoms with Gasteiger partial charge in [0.1, 0.15) is 0 Å². The lowest BCUT2D eigenvalue weighted by Crippen LogP contribution is -2.35. The zero-order valence-corrected chi connectivity index (χ0v) is 13.6. The van der Waals surface area contributed by atoms with Crippen LogP contribution < -0.4 is 5.32 Å². The van der Waals surface area contributed by atoms with Crippen LogP contribution in [-0.4, -0.2) is 6.04 Å². The van der Waals surface area contributed by atoms with E-state index in [4.69, 9.17) is 0 Å². The molecule has 21 heavy (non-hydrogen) atoms. The fourth-order valence-corrected chi connectivity index (χ4v) is 2.79. The van der Waals surface area contributed by atoms with Crippen LogP contribution in [0.5, 0.6) is 0 Å². The van der Waals surface area contributed by atoms with Crippen molar-refractivity contribution in [2.45, 2.75) is 46.2 Å². The summed E-state index contributed by atoms with van der Waals surface area (Å²) < 4.78 is 0. The van der Waals surface area contributed by atoms with Crippen molar-refractivity contribution in [3.8, 4) is 11.1 Å². The summed E-state index contributed by atoms with van der Waals surface area (Å²) in [5.74, 6) is 0.668. The Morgan fingerprint density at radius 3 is 1.90 bits per heavy atom. The van der Waals surface area contributed by atoms with E-state index in [2.05, 4.69) is 87.6 Å². The van der Waals surface area contributed by atoms with E-state index in [9.17, 15) is 0 Å². The van der Waals surface area contributed by atoms with E-state index in [1.807, 2.05) is 0 Å². The van der Waals surface area contributed by atoms with Gasteiger partial charge in [-0.3, -0.25) is 0 Å². The third-order valence-electron chi connectivity index (χ3n) is 4.23. The smallest absolute Gasteiger partial charge is 0.0294 e. The van der Waals surface area contributed by atoms with Gasteiger partial charge in [-0.05, 0) is 36.0 Å². The van der Waals surface area contributed by atoms with Gasteiger partial charge in [0.25, 0.3) is 0 Å². The van der Waals surface area contributed by atoms with Crippen molar-refractivity contribution in [2.24, 2.45) is 5.92 Å². The van der Waals surface area contributed by atoms with Crippen molar-refractivity contribution in [1.82, 2.24) is 5.32 Å². The first kappa shape index (κ1) is 15.8. The molecule has 0 bridgehead atoms. The zero-order chi connectivity index (χ0) is 15.2. The fraction of sp³-hybridized carbons (Fsp3) is 0.400. The first-order valence-corrected chi connectivity index (χ1v) is 8.03. The van der Waals surface area contributed by atoms with Crippen LogP contribution >= 0.6 is 0 Å². The minimum absolute atomic E-state index is 0.391. The van der Waals surface area contributed by atoms with E-state index in [-0.39, 0.29) is 0 Å². The van der Waals surface area contributed by atoms with Crippen LogP contribution in [0.25, 0.3) is 11.1 Å². The molecular weight excluding hydrogens is 254 g/mol. The largest absolute Gasteiger partial charge is 0.307 e. The number of hydrogen-bond donors (Lipinski definition) is 1. The quantitative estimate of drug-likeness (QED) is 0.743. The number of rotatable bonds is 6. The van der Waals surface area contributed by atoms with Gasteiger partial charge >= 0.3 is 0 Å². The van der Waals surface area contributed by atoms with Gasteiger partial charge in [-0.1, -0.05) is 75.4 Å². The number of benzene rings is 2. The molecule has 2 aromatic rings. The Bertz CT molecular complexity index is 528. The Labute approximate surface area is 129 Å². The van der Waals surface area contributed by atoms with Crippen molar-refractivity contribution >= 4 is 0 Å². The second-order valence-corrected chi connectivity index (χ2v) is 6.14. The van der Waals surface area contributed by atoms with E-state index in [1.165, 1.54) is 23.1 Å². The van der Waals surface area contributed by atoms with Gasteiger partial charge in [0.2, 0.25) is 0 Å². The monoisotopic (exact) mass is 281 g/mol. The molecule has 0 spiro atoms. The van der Waals surface area contributed by atoms with Gasteiger partial charge in [0, 0.05) is 12.1 Å². The van der Waals surface area contributed by atoms with Crippen LogP contribution in [0.3, 0.4) is 0 Å². The van der Waals surface area contributed by atoms with Crippen LogP contribution in [0.4, 0.5) is 0 Å². The number of hydrogen-bond acceptors (Lipinski definition) is 1. The van der Waals surface area contributed by atoms with Crippen molar-refractivity contribution in [3.63, 3.8) is 0 Å². The molecule has 1 N–H and O–H groups in total. The van der Waals surface area contributed by atoms with Crippen LogP contribution in [0, 0.1) is 5.92 Å². The van der Waals surface area contributed by atoms with Crippen LogP contribution in [0.2, 0.25) is 0 Å². The first-order chi connectivity index (χ1) is 10.1. The predicted octanol–water partition coefficient (Wildman–Crippen LogP) is 5.44. The van der Waals surface area contributed by atoms with E-state index in [0.717, 1.165) is 0 Å².